The van der Waals surface area contributed by atoms with E-state index in [1.165, 1.54) is 4.90 Å². The van der Waals surface area contributed by atoms with Gasteiger partial charge in [-0.3, -0.25) is 14.7 Å². The smallest absolute Gasteiger partial charge is 0.335 e. The molecule has 112 valence electrons. The number of carboxylic acids is 1. The van der Waals surface area contributed by atoms with Crippen LogP contribution >= 0.6 is 0 Å². The Hall–Kier alpha value is -2.73. The molecular weight excluding hydrogens is 284 g/mol. The second-order valence-corrected chi connectivity index (χ2v) is 4.90. The number of rotatable bonds is 3. The first kappa shape index (κ1) is 14.2. The van der Waals surface area contributed by atoms with Crippen LogP contribution in [0.15, 0.2) is 54.9 Å². The van der Waals surface area contributed by atoms with Crippen molar-refractivity contribution in [2.45, 2.75) is 12.1 Å². The zero-order valence-electron chi connectivity index (χ0n) is 11.6. The summed E-state index contributed by atoms with van der Waals surface area (Å²) in [4.78, 5) is 29.4. The number of anilines is 1. The number of aromatic nitrogens is 1. The maximum atomic E-state index is 12.3. The summed E-state index contributed by atoms with van der Waals surface area (Å²) < 4.78 is 5.25. The summed E-state index contributed by atoms with van der Waals surface area (Å²) in [7, 11) is 0. The van der Waals surface area contributed by atoms with Gasteiger partial charge in [-0.1, -0.05) is 24.3 Å². The van der Waals surface area contributed by atoms with E-state index >= 15 is 0 Å². The molecule has 1 aliphatic heterocycles. The minimum Gasteiger partial charge on any atom is -0.479 e. The molecular formula is C16H14N2O4. The van der Waals surface area contributed by atoms with E-state index in [2.05, 4.69) is 4.98 Å². The van der Waals surface area contributed by atoms with E-state index in [4.69, 9.17) is 4.74 Å². The number of para-hydroxylation sites is 1. The Balaban J connectivity index is 2.10. The summed E-state index contributed by atoms with van der Waals surface area (Å²) in [5.74, 6) is -1.39. The van der Waals surface area contributed by atoms with Crippen LogP contribution in [0, 0.1) is 0 Å². The molecule has 6 heteroatoms. The minimum atomic E-state index is -1.14. The molecule has 2 aromatic rings. The molecule has 3 rings (SSSR count). The van der Waals surface area contributed by atoms with Crippen LogP contribution in [0.3, 0.4) is 0 Å². The summed E-state index contributed by atoms with van der Waals surface area (Å²) in [5.41, 5.74) is 1.25. The van der Waals surface area contributed by atoms with Gasteiger partial charge in [-0.15, -0.1) is 0 Å². The first-order chi connectivity index (χ1) is 10.7. The number of morpholine rings is 1. The Kier molecular flexibility index (Phi) is 3.84. The van der Waals surface area contributed by atoms with Gasteiger partial charge in [-0.2, -0.15) is 0 Å². The number of aliphatic carboxylic acids is 1. The summed E-state index contributed by atoms with van der Waals surface area (Å²) in [6.45, 7) is -0.261. The van der Waals surface area contributed by atoms with Crippen LogP contribution in [0.1, 0.15) is 11.6 Å². The molecule has 1 aliphatic rings. The molecule has 0 aliphatic carbocycles. The number of nitrogens with zero attached hydrogens (tertiary/aromatic N) is 2. The molecule has 1 aromatic carbocycles. The zero-order valence-corrected chi connectivity index (χ0v) is 11.6. The Morgan fingerprint density at radius 3 is 2.64 bits per heavy atom. The number of pyridine rings is 1. The van der Waals surface area contributed by atoms with E-state index in [1.54, 1.807) is 48.8 Å². The van der Waals surface area contributed by atoms with Gasteiger partial charge in [0.25, 0.3) is 5.91 Å². The average molecular weight is 298 g/mol. The SMILES string of the molecule is O=C(O)C1OCC(=O)N(c2ccccc2)C1c1cccnc1. The first-order valence-electron chi connectivity index (χ1n) is 6.80. The number of ether oxygens (including phenoxy) is 1. The lowest BCUT2D eigenvalue weighted by molar-refractivity contribution is -0.157. The van der Waals surface area contributed by atoms with Crippen LogP contribution < -0.4 is 4.90 Å². The van der Waals surface area contributed by atoms with E-state index < -0.39 is 18.1 Å². The van der Waals surface area contributed by atoms with Crippen LogP contribution in [-0.2, 0) is 14.3 Å². The maximum Gasteiger partial charge on any atom is 0.335 e. The molecule has 0 spiro atoms. The van der Waals surface area contributed by atoms with E-state index in [0.29, 0.717) is 11.3 Å². The number of hydrogen-bond acceptors (Lipinski definition) is 4. The van der Waals surface area contributed by atoms with Crippen molar-refractivity contribution in [3.8, 4) is 0 Å². The van der Waals surface area contributed by atoms with Crippen molar-refractivity contribution in [3.63, 3.8) is 0 Å². The highest BCUT2D eigenvalue weighted by molar-refractivity contribution is 5.97. The van der Waals surface area contributed by atoms with E-state index in [0.717, 1.165) is 0 Å². The van der Waals surface area contributed by atoms with Gasteiger partial charge in [0.2, 0.25) is 0 Å². The Labute approximate surface area is 127 Å². The third kappa shape index (κ3) is 2.56. The van der Waals surface area contributed by atoms with Crippen molar-refractivity contribution in [2.75, 3.05) is 11.5 Å². The van der Waals surface area contributed by atoms with Crippen LogP contribution in [-0.4, -0.2) is 34.7 Å². The predicted octanol–water partition coefficient (Wildman–Crippen LogP) is 1.64. The lowest BCUT2D eigenvalue weighted by atomic mass is 9.98. The summed E-state index contributed by atoms with van der Waals surface area (Å²) >= 11 is 0. The second kappa shape index (κ2) is 5.95. The Morgan fingerprint density at radius 2 is 2.00 bits per heavy atom. The van der Waals surface area contributed by atoms with Crippen molar-refractivity contribution in [3.05, 3.63) is 60.4 Å². The van der Waals surface area contributed by atoms with Crippen LogP contribution in [0.25, 0.3) is 0 Å². The largest absolute Gasteiger partial charge is 0.479 e. The third-order valence-corrected chi connectivity index (χ3v) is 3.52. The van der Waals surface area contributed by atoms with Crippen molar-refractivity contribution in [1.82, 2.24) is 4.98 Å². The molecule has 2 atom stereocenters. The molecule has 1 fully saturated rings. The van der Waals surface area contributed by atoms with Gasteiger partial charge in [-0.25, -0.2) is 4.79 Å². The van der Waals surface area contributed by atoms with Gasteiger partial charge in [-0.05, 0) is 23.8 Å². The van der Waals surface area contributed by atoms with Crippen molar-refractivity contribution in [1.29, 1.82) is 0 Å². The summed E-state index contributed by atoms with van der Waals surface area (Å²) in [6.07, 6.45) is 2.01. The molecule has 1 aromatic heterocycles. The lowest BCUT2D eigenvalue weighted by Gasteiger charge is -2.39. The molecule has 6 nitrogen and oxygen atoms in total. The quantitative estimate of drug-likeness (QED) is 0.931. The van der Waals surface area contributed by atoms with Gasteiger partial charge in [0, 0.05) is 18.1 Å². The fourth-order valence-electron chi connectivity index (χ4n) is 2.59. The predicted molar refractivity (Wildman–Crippen MR) is 78.3 cm³/mol. The fraction of sp³-hybridized carbons (Fsp3) is 0.188. The van der Waals surface area contributed by atoms with E-state index in [9.17, 15) is 14.7 Å². The molecule has 0 radical (unpaired) electrons. The number of hydrogen-bond donors (Lipinski definition) is 1. The highest BCUT2D eigenvalue weighted by atomic mass is 16.5. The van der Waals surface area contributed by atoms with Gasteiger partial charge < -0.3 is 9.84 Å². The topological polar surface area (TPSA) is 79.7 Å². The molecule has 0 bridgehead atoms. The van der Waals surface area contributed by atoms with Gasteiger partial charge in [0.05, 0.1) is 0 Å². The molecule has 1 N–H and O–H groups in total. The highest BCUT2D eigenvalue weighted by Crippen LogP contribution is 2.34. The van der Waals surface area contributed by atoms with Crippen molar-refractivity contribution in [2.24, 2.45) is 0 Å². The number of carboxylic acid groups (broad SMARTS) is 1. The molecule has 1 saturated heterocycles. The number of carbonyl (C=O) groups excluding carboxylic acids is 1. The first-order valence-corrected chi connectivity index (χ1v) is 6.80. The maximum absolute atomic E-state index is 12.3. The van der Waals surface area contributed by atoms with Gasteiger partial charge >= 0.3 is 5.97 Å². The van der Waals surface area contributed by atoms with Gasteiger partial charge in [0.1, 0.15) is 12.6 Å². The van der Waals surface area contributed by atoms with Crippen molar-refractivity contribution < 1.29 is 19.4 Å². The summed E-state index contributed by atoms with van der Waals surface area (Å²) in [6, 6.07) is 11.7. The monoisotopic (exact) mass is 298 g/mol. The number of carbonyl (C=O) groups is 2. The molecule has 0 saturated carbocycles. The molecule has 2 heterocycles. The lowest BCUT2D eigenvalue weighted by Crippen LogP contribution is -2.52. The molecule has 22 heavy (non-hydrogen) atoms. The van der Waals surface area contributed by atoms with Gasteiger partial charge in [0.15, 0.2) is 6.10 Å². The van der Waals surface area contributed by atoms with Crippen LogP contribution in [0.5, 0.6) is 0 Å². The summed E-state index contributed by atoms with van der Waals surface area (Å²) in [5, 5.41) is 9.44. The minimum absolute atomic E-state index is 0.261. The number of benzene rings is 1. The fourth-order valence-corrected chi connectivity index (χ4v) is 2.59. The van der Waals surface area contributed by atoms with E-state index in [-0.39, 0.29) is 12.5 Å². The highest BCUT2D eigenvalue weighted by Gasteiger charge is 2.42. The number of amides is 1. The Bertz CT molecular complexity index is 675. The third-order valence-electron chi connectivity index (χ3n) is 3.52. The standard InChI is InChI=1S/C16H14N2O4/c19-13-10-22-15(16(20)21)14(11-5-4-8-17-9-11)18(13)12-6-2-1-3-7-12/h1-9,14-15H,10H2,(H,20,21). The van der Waals surface area contributed by atoms with Crippen LogP contribution in [0.2, 0.25) is 0 Å². The normalized spacial score (nSPS) is 21.6. The average Bonchev–Trinajstić information content (AvgIpc) is 2.56. The molecule has 2 unspecified atom stereocenters. The van der Waals surface area contributed by atoms with Crippen molar-refractivity contribution >= 4 is 17.6 Å². The van der Waals surface area contributed by atoms with Crippen LogP contribution in [0.4, 0.5) is 5.69 Å². The Morgan fingerprint density at radius 1 is 1.23 bits per heavy atom. The second-order valence-electron chi connectivity index (χ2n) is 4.90. The molecule has 1 amide bonds. The van der Waals surface area contributed by atoms with E-state index in [1.807, 2.05) is 6.07 Å². The zero-order chi connectivity index (χ0) is 15.5.